The average Bonchev–Trinajstić information content (AvgIpc) is 3.09. The van der Waals surface area contributed by atoms with Crippen molar-refractivity contribution in [2.45, 2.75) is 38.6 Å². The number of hydrogen-bond donors (Lipinski definition) is 1. The van der Waals surface area contributed by atoms with Crippen molar-refractivity contribution in [2.75, 3.05) is 40.4 Å². The summed E-state index contributed by atoms with van der Waals surface area (Å²) in [5.74, 6) is 0.976. The Bertz CT molecular complexity index is 171. The van der Waals surface area contributed by atoms with Crippen molar-refractivity contribution < 1.29 is 4.74 Å². The van der Waals surface area contributed by atoms with Crippen molar-refractivity contribution >= 4 is 0 Å². The molecule has 1 unspecified atom stereocenters. The SMILES string of the molecule is CCCC(NCCN(C)CCOC)C1CC1. The van der Waals surface area contributed by atoms with E-state index in [0.717, 1.165) is 38.2 Å². The lowest BCUT2D eigenvalue weighted by molar-refractivity contribution is 0.160. The van der Waals surface area contributed by atoms with Crippen LogP contribution in [0.15, 0.2) is 0 Å². The highest BCUT2D eigenvalue weighted by Gasteiger charge is 2.29. The fourth-order valence-corrected chi connectivity index (χ4v) is 2.11. The van der Waals surface area contributed by atoms with Crippen LogP contribution in [-0.4, -0.2) is 51.3 Å². The molecule has 0 heterocycles. The van der Waals surface area contributed by atoms with Gasteiger partial charge in [0.2, 0.25) is 0 Å². The molecule has 0 saturated heterocycles. The summed E-state index contributed by atoms with van der Waals surface area (Å²) in [5, 5.41) is 3.71. The molecule has 0 aromatic carbocycles. The van der Waals surface area contributed by atoms with E-state index in [4.69, 9.17) is 4.74 Å². The minimum atomic E-state index is 0.779. The second-order valence-corrected chi connectivity index (χ2v) is 4.98. The number of ether oxygens (including phenoxy) is 1. The number of nitrogens with one attached hydrogen (secondary N) is 1. The maximum absolute atomic E-state index is 5.06. The first-order chi connectivity index (χ1) is 7.77. The highest BCUT2D eigenvalue weighted by molar-refractivity contribution is 4.86. The molecule has 0 aromatic heterocycles. The molecule has 0 radical (unpaired) electrons. The van der Waals surface area contributed by atoms with E-state index in [-0.39, 0.29) is 0 Å². The highest BCUT2D eigenvalue weighted by atomic mass is 16.5. The standard InChI is InChI=1S/C13H28N2O/c1-4-5-13(12-6-7-12)14-8-9-15(2)10-11-16-3/h12-14H,4-11H2,1-3H3. The molecular weight excluding hydrogens is 200 g/mol. The van der Waals surface area contributed by atoms with Gasteiger partial charge in [0.25, 0.3) is 0 Å². The van der Waals surface area contributed by atoms with Gasteiger partial charge in [0.15, 0.2) is 0 Å². The lowest BCUT2D eigenvalue weighted by Crippen LogP contribution is -2.37. The number of nitrogens with zero attached hydrogens (tertiary/aromatic N) is 1. The Morgan fingerprint density at radius 1 is 1.38 bits per heavy atom. The summed E-state index contributed by atoms with van der Waals surface area (Å²) in [7, 11) is 3.92. The van der Waals surface area contributed by atoms with Gasteiger partial charge in [-0.1, -0.05) is 13.3 Å². The monoisotopic (exact) mass is 228 g/mol. The second kappa shape index (κ2) is 8.04. The fourth-order valence-electron chi connectivity index (χ4n) is 2.11. The zero-order valence-corrected chi connectivity index (χ0v) is 11.2. The first-order valence-corrected chi connectivity index (χ1v) is 6.68. The van der Waals surface area contributed by atoms with Crippen LogP contribution in [0, 0.1) is 5.92 Å². The Balaban J connectivity index is 2.03. The zero-order chi connectivity index (χ0) is 11.8. The van der Waals surface area contributed by atoms with Crippen LogP contribution in [0.3, 0.4) is 0 Å². The smallest absolute Gasteiger partial charge is 0.0589 e. The third kappa shape index (κ3) is 5.83. The van der Waals surface area contributed by atoms with Gasteiger partial charge in [-0.2, -0.15) is 0 Å². The van der Waals surface area contributed by atoms with E-state index in [9.17, 15) is 0 Å². The Morgan fingerprint density at radius 3 is 2.69 bits per heavy atom. The maximum atomic E-state index is 5.06. The summed E-state index contributed by atoms with van der Waals surface area (Å²) in [6, 6.07) is 0.779. The van der Waals surface area contributed by atoms with Crippen molar-refractivity contribution in [3.63, 3.8) is 0 Å². The summed E-state index contributed by atoms with van der Waals surface area (Å²) >= 11 is 0. The number of methoxy groups -OCH3 is 1. The van der Waals surface area contributed by atoms with E-state index in [1.54, 1.807) is 7.11 Å². The summed E-state index contributed by atoms with van der Waals surface area (Å²) < 4.78 is 5.06. The van der Waals surface area contributed by atoms with Gasteiger partial charge in [0.1, 0.15) is 0 Å². The molecule has 0 spiro atoms. The number of likely N-dealkylation sites (N-methyl/N-ethyl adjacent to an activating group) is 1. The summed E-state index contributed by atoms with van der Waals surface area (Å²) in [6.45, 7) is 6.37. The summed E-state index contributed by atoms with van der Waals surface area (Å²) in [5.41, 5.74) is 0. The van der Waals surface area contributed by atoms with E-state index in [0.29, 0.717) is 0 Å². The van der Waals surface area contributed by atoms with Crippen molar-refractivity contribution in [2.24, 2.45) is 5.92 Å². The van der Waals surface area contributed by atoms with E-state index in [1.165, 1.54) is 25.7 Å². The van der Waals surface area contributed by atoms with Gasteiger partial charge in [-0.05, 0) is 32.2 Å². The van der Waals surface area contributed by atoms with Crippen LogP contribution in [-0.2, 0) is 4.74 Å². The highest BCUT2D eigenvalue weighted by Crippen LogP contribution is 2.34. The van der Waals surface area contributed by atoms with Gasteiger partial charge in [0.05, 0.1) is 6.61 Å². The first-order valence-electron chi connectivity index (χ1n) is 6.68. The van der Waals surface area contributed by atoms with Crippen molar-refractivity contribution in [1.29, 1.82) is 0 Å². The molecule has 1 aliphatic carbocycles. The molecule has 1 aliphatic rings. The van der Waals surface area contributed by atoms with Crippen LogP contribution in [0.2, 0.25) is 0 Å². The van der Waals surface area contributed by atoms with Crippen molar-refractivity contribution in [3.05, 3.63) is 0 Å². The number of hydrogen-bond acceptors (Lipinski definition) is 3. The van der Waals surface area contributed by atoms with E-state index in [1.807, 2.05) is 0 Å². The minimum absolute atomic E-state index is 0.779. The molecule has 3 nitrogen and oxygen atoms in total. The molecule has 16 heavy (non-hydrogen) atoms. The normalized spacial score (nSPS) is 18.0. The van der Waals surface area contributed by atoms with E-state index in [2.05, 4.69) is 24.2 Å². The lowest BCUT2D eigenvalue weighted by atomic mass is 10.1. The van der Waals surface area contributed by atoms with Crippen LogP contribution >= 0.6 is 0 Å². The molecular formula is C13H28N2O. The van der Waals surface area contributed by atoms with E-state index >= 15 is 0 Å². The molecule has 1 rings (SSSR count). The van der Waals surface area contributed by atoms with Crippen LogP contribution in [0.4, 0.5) is 0 Å². The molecule has 1 atom stereocenters. The number of rotatable bonds is 10. The van der Waals surface area contributed by atoms with Crippen molar-refractivity contribution in [1.82, 2.24) is 10.2 Å². The van der Waals surface area contributed by atoms with Gasteiger partial charge in [-0.15, -0.1) is 0 Å². The van der Waals surface area contributed by atoms with Crippen LogP contribution in [0.5, 0.6) is 0 Å². The molecule has 0 aliphatic heterocycles. The van der Waals surface area contributed by atoms with Crippen LogP contribution in [0.25, 0.3) is 0 Å². The van der Waals surface area contributed by atoms with Gasteiger partial charge < -0.3 is 15.0 Å². The van der Waals surface area contributed by atoms with Gasteiger partial charge in [-0.3, -0.25) is 0 Å². The van der Waals surface area contributed by atoms with Crippen LogP contribution < -0.4 is 5.32 Å². The molecule has 0 aromatic rings. The summed E-state index contributed by atoms with van der Waals surface area (Å²) in [4.78, 5) is 2.33. The molecule has 0 bridgehead atoms. The fraction of sp³-hybridized carbons (Fsp3) is 1.00. The first kappa shape index (κ1) is 13.9. The Labute approximate surface area is 101 Å². The summed E-state index contributed by atoms with van der Waals surface area (Å²) in [6.07, 6.45) is 5.52. The third-order valence-electron chi connectivity index (χ3n) is 3.37. The quantitative estimate of drug-likeness (QED) is 0.616. The minimum Gasteiger partial charge on any atom is -0.383 e. The Hall–Kier alpha value is -0.120. The molecule has 3 heteroatoms. The Morgan fingerprint density at radius 2 is 2.12 bits per heavy atom. The largest absolute Gasteiger partial charge is 0.383 e. The predicted molar refractivity (Wildman–Crippen MR) is 68.8 cm³/mol. The van der Waals surface area contributed by atoms with Crippen molar-refractivity contribution in [3.8, 4) is 0 Å². The molecule has 96 valence electrons. The maximum Gasteiger partial charge on any atom is 0.0589 e. The van der Waals surface area contributed by atoms with Gasteiger partial charge in [0, 0.05) is 32.8 Å². The predicted octanol–water partition coefficient (Wildman–Crippen LogP) is 1.73. The Kier molecular flexibility index (Phi) is 7.01. The van der Waals surface area contributed by atoms with E-state index < -0.39 is 0 Å². The molecule has 0 amide bonds. The van der Waals surface area contributed by atoms with Crippen LogP contribution in [0.1, 0.15) is 32.6 Å². The topological polar surface area (TPSA) is 24.5 Å². The second-order valence-electron chi connectivity index (χ2n) is 4.98. The zero-order valence-electron chi connectivity index (χ0n) is 11.2. The lowest BCUT2D eigenvalue weighted by Gasteiger charge is -2.21. The molecule has 1 N–H and O–H groups in total. The third-order valence-corrected chi connectivity index (χ3v) is 3.37. The molecule has 1 fully saturated rings. The van der Waals surface area contributed by atoms with Gasteiger partial charge >= 0.3 is 0 Å². The average molecular weight is 228 g/mol. The van der Waals surface area contributed by atoms with Gasteiger partial charge in [-0.25, -0.2) is 0 Å². The molecule has 1 saturated carbocycles.